The number of rotatable bonds is 14. The fraction of sp³-hybridized carbons (Fsp3) is 0.524. The molecule has 51 heavy (non-hydrogen) atoms. The molecule has 2 aliphatic rings. The van der Waals surface area contributed by atoms with Crippen molar-refractivity contribution in [3.63, 3.8) is 0 Å². The number of hydrogen-bond acceptors (Lipinski definition) is 7. The number of likely N-dealkylation sites (tertiary alicyclic amines) is 1. The highest BCUT2D eigenvalue weighted by Crippen LogP contribution is 2.38. The van der Waals surface area contributed by atoms with E-state index in [1.165, 1.54) is 50.6 Å². The van der Waals surface area contributed by atoms with E-state index in [1.54, 1.807) is 26.2 Å². The van der Waals surface area contributed by atoms with Crippen molar-refractivity contribution in [2.24, 2.45) is 11.8 Å². The number of carbonyl (C=O) groups excluding carboxylic acids is 2. The van der Waals surface area contributed by atoms with Gasteiger partial charge in [-0.05, 0) is 53.9 Å². The van der Waals surface area contributed by atoms with E-state index < -0.39 is 12.4 Å². The summed E-state index contributed by atoms with van der Waals surface area (Å²) in [5.41, 5.74) is 5.47. The molecule has 3 aromatic rings. The molecule has 9 heteroatoms. The number of para-hydroxylation sites is 1. The van der Waals surface area contributed by atoms with Gasteiger partial charge in [0.2, 0.25) is 5.91 Å². The van der Waals surface area contributed by atoms with E-state index in [1.807, 2.05) is 82.3 Å². The minimum absolute atomic E-state index is 0. The first-order valence-corrected chi connectivity index (χ1v) is 18.6. The largest absolute Gasteiger partial charge is 0.453 e. The molecule has 1 aliphatic carbocycles. The number of likely N-dealkylation sites (N-methyl/N-ethyl adjacent to an activating group) is 1. The van der Waals surface area contributed by atoms with Crippen LogP contribution in [0.15, 0.2) is 78.9 Å². The molecule has 0 bridgehead atoms. The van der Waals surface area contributed by atoms with Gasteiger partial charge in [-0.15, -0.1) is 0 Å². The number of carbonyl (C=O) groups is 2. The van der Waals surface area contributed by atoms with E-state index in [0.717, 1.165) is 41.6 Å². The highest BCUT2D eigenvalue weighted by Gasteiger charge is 2.35. The summed E-state index contributed by atoms with van der Waals surface area (Å²) in [5, 5.41) is 2.70. The summed E-state index contributed by atoms with van der Waals surface area (Å²) >= 11 is 0. The molecular weight excluding hydrogens is 642 g/mol. The molecule has 1 heterocycles. The maximum atomic E-state index is 12.2. The predicted octanol–water partition coefficient (Wildman–Crippen LogP) is 8.78. The van der Waals surface area contributed by atoms with Crippen LogP contribution in [0.3, 0.4) is 0 Å². The Morgan fingerprint density at radius 3 is 2.12 bits per heavy atom. The van der Waals surface area contributed by atoms with Gasteiger partial charge in [-0.1, -0.05) is 107 Å². The van der Waals surface area contributed by atoms with E-state index in [2.05, 4.69) is 39.2 Å². The predicted molar refractivity (Wildman–Crippen MR) is 210 cm³/mol. The van der Waals surface area contributed by atoms with Crippen molar-refractivity contribution in [3.8, 4) is 11.1 Å². The lowest BCUT2D eigenvalue weighted by molar-refractivity contribution is -0.143. The van der Waals surface area contributed by atoms with Crippen LogP contribution >= 0.6 is 0 Å². The fourth-order valence-electron chi connectivity index (χ4n) is 6.44. The first kappa shape index (κ1) is 43.4. The number of nitrogens with one attached hydrogen (secondary N) is 1. The summed E-state index contributed by atoms with van der Waals surface area (Å²) in [7, 11) is 6.24. The van der Waals surface area contributed by atoms with Crippen molar-refractivity contribution in [3.05, 3.63) is 90.0 Å². The second-order valence-corrected chi connectivity index (χ2v) is 12.3. The van der Waals surface area contributed by atoms with Gasteiger partial charge in [0.1, 0.15) is 0 Å². The highest BCUT2D eigenvalue weighted by atomic mass is 16.7. The van der Waals surface area contributed by atoms with E-state index in [4.69, 9.17) is 14.2 Å². The first-order chi connectivity index (χ1) is 24.9. The molecule has 9 nitrogen and oxygen atoms in total. The smallest absolute Gasteiger partial charge is 0.411 e. The van der Waals surface area contributed by atoms with Crippen LogP contribution in [0.25, 0.3) is 11.1 Å². The van der Waals surface area contributed by atoms with Crippen molar-refractivity contribution < 1.29 is 30.0 Å². The van der Waals surface area contributed by atoms with Gasteiger partial charge in [0.25, 0.3) is 0 Å². The van der Waals surface area contributed by atoms with Gasteiger partial charge in [-0.2, -0.15) is 0 Å². The first-order valence-electron chi connectivity index (χ1n) is 18.6. The van der Waals surface area contributed by atoms with Crippen molar-refractivity contribution in [1.82, 2.24) is 9.80 Å². The summed E-state index contributed by atoms with van der Waals surface area (Å²) in [6.45, 7) is 13.1. The van der Waals surface area contributed by atoms with E-state index in [0.29, 0.717) is 26.2 Å². The minimum Gasteiger partial charge on any atom is -0.453 e. The molecule has 1 N–H and O–H groups in total. The second kappa shape index (κ2) is 25.2. The molecule has 2 atom stereocenters. The Balaban J connectivity index is 0.000000522. The Bertz CT molecular complexity index is 1380. The maximum Gasteiger partial charge on any atom is 0.411 e. The summed E-state index contributed by atoms with van der Waals surface area (Å²) in [4.78, 5) is 27.6. The minimum atomic E-state index is -0.464. The third kappa shape index (κ3) is 15.2. The molecule has 0 radical (unpaired) electrons. The molecule has 1 saturated heterocycles. The van der Waals surface area contributed by atoms with Crippen LogP contribution in [-0.4, -0.2) is 89.3 Å². The Hall–Kier alpha value is -3.76. The molecule has 1 aliphatic heterocycles. The zero-order valence-electron chi connectivity index (χ0n) is 32.4. The Morgan fingerprint density at radius 2 is 1.47 bits per heavy atom. The Morgan fingerprint density at radius 1 is 0.843 bits per heavy atom. The monoisotopic (exact) mass is 707 g/mol. The number of hydrogen-bond donors (Lipinski definition) is 1. The molecule has 5 rings (SSSR count). The molecule has 2 fully saturated rings. The number of methoxy groups -OCH3 is 3. The van der Waals surface area contributed by atoms with Crippen LogP contribution in [-0.2, 0) is 36.7 Å². The molecule has 0 spiro atoms. The van der Waals surface area contributed by atoms with Crippen molar-refractivity contribution >= 4 is 17.7 Å². The van der Waals surface area contributed by atoms with Crippen LogP contribution < -0.4 is 5.32 Å². The Labute approximate surface area is 309 Å². The quantitative estimate of drug-likeness (QED) is 0.132. The van der Waals surface area contributed by atoms with Crippen molar-refractivity contribution in [2.45, 2.75) is 72.6 Å². The normalized spacial score (nSPS) is 16.0. The summed E-state index contributed by atoms with van der Waals surface area (Å²) in [6.07, 6.45) is 4.67. The van der Waals surface area contributed by atoms with E-state index in [9.17, 15) is 9.59 Å². The number of ether oxygens (including phenoxy) is 4. The van der Waals surface area contributed by atoms with Gasteiger partial charge in [-0.3, -0.25) is 15.0 Å². The molecule has 3 aromatic carbocycles. The molecule has 2 amide bonds. The standard InChI is InChI=1S/C24H38N2O4.C14H13NO2.2C2H6.H2/c1-25(18-24(28-2)29-3)23(27)11-13-30-12-10-19-6-4-7-20(14-19)15-26-16-21-8-5-9-22(21)17-26;1-17-14(16)15-13-10-6-5-9-12(13)11-7-3-2-4-8-11;2*1-2;/h4,6-7,14,21-22,24H,5,8-13,15-18H2,1-3H3;2-10H,1H3,(H,15,16);2*1-2H3;1H. The lowest BCUT2D eigenvalue weighted by Crippen LogP contribution is -2.36. The third-order valence-corrected chi connectivity index (χ3v) is 9.00. The lowest BCUT2D eigenvalue weighted by atomic mass is 10.0. The van der Waals surface area contributed by atoms with Gasteiger partial charge in [-0.25, -0.2) is 4.79 Å². The van der Waals surface area contributed by atoms with Crippen molar-refractivity contribution in [2.75, 3.05) is 66.5 Å². The second-order valence-electron chi connectivity index (χ2n) is 12.3. The fourth-order valence-corrected chi connectivity index (χ4v) is 6.44. The van der Waals surface area contributed by atoms with Crippen LogP contribution in [0.2, 0.25) is 0 Å². The zero-order chi connectivity index (χ0) is 37.4. The number of benzene rings is 3. The van der Waals surface area contributed by atoms with E-state index in [-0.39, 0.29) is 7.33 Å². The van der Waals surface area contributed by atoms with Gasteiger partial charge >= 0.3 is 6.09 Å². The number of fused-ring (bicyclic) bond motifs is 1. The number of nitrogens with zero attached hydrogens (tertiary/aromatic N) is 2. The Kier molecular flexibility index (Phi) is 21.5. The zero-order valence-corrected chi connectivity index (χ0v) is 32.4. The van der Waals surface area contributed by atoms with Gasteiger partial charge in [0.15, 0.2) is 6.29 Å². The lowest BCUT2D eigenvalue weighted by Gasteiger charge is -2.22. The van der Waals surface area contributed by atoms with Crippen LogP contribution in [0, 0.1) is 11.8 Å². The SMILES string of the molecule is CC.CC.COC(=O)Nc1ccccc1-c1ccccc1.COC(CN(C)C(=O)CCOCCc1cccc(CN2CC3CCCC3C2)c1)OC.[HH]. The van der Waals surface area contributed by atoms with Crippen LogP contribution in [0.4, 0.5) is 10.5 Å². The maximum absolute atomic E-state index is 12.2. The average molecular weight is 708 g/mol. The highest BCUT2D eigenvalue weighted by molar-refractivity contribution is 5.91. The molecule has 284 valence electrons. The van der Waals surface area contributed by atoms with E-state index >= 15 is 0 Å². The van der Waals surface area contributed by atoms with Gasteiger partial charge < -0.3 is 23.8 Å². The summed E-state index contributed by atoms with van der Waals surface area (Å²) < 4.78 is 20.6. The summed E-state index contributed by atoms with van der Waals surface area (Å²) in [5.74, 6) is 1.92. The topological polar surface area (TPSA) is 89.6 Å². The average Bonchev–Trinajstić information content (AvgIpc) is 3.78. The molecule has 1 saturated carbocycles. The third-order valence-electron chi connectivity index (χ3n) is 9.00. The molecule has 0 aromatic heterocycles. The van der Waals surface area contributed by atoms with Crippen molar-refractivity contribution in [1.29, 1.82) is 0 Å². The van der Waals surface area contributed by atoms with Gasteiger partial charge in [0.05, 0.1) is 39.0 Å². The summed E-state index contributed by atoms with van der Waals surface area (Å²) in [6, 6.07) is 26.4. The van der Waals surface area contributed by atoms with Gasteiger partial charge in [0, 0.05) is 47.9 Å². The molecule has 2 unspecified atom stereocenters. The number of anilines is 1. The number of amides is 2. The van der Waals surface area contributed by atoms with Crippen LogP contribution in [0.5, 0.6) is 0 Å². The van der Waals surface area contributed by atoms with Crippen LogP contribution in [0.1, 0.15) is 65.9 Å². The molecular formula is C42H65N3O6.